The fourth-order valence-corrected chi connectivity index (χ4v) is 2.63. The summed E-state index contributed by atoms with van der Waals surface area (Å²) >= 11 is 3.43. The third-order valence-electron chi connectivity index (χ3n) is 3.64. The predicted octanol–water partition coefficient (Wildman–Crippen LogP) is 3.29. The van der Waals surface area contributed by atoms with E-state index < -0.39 is 5.82 Å². The first kappa shape index (κ1) is 18.4. The molecule has 0 radical (unpaired) electrons. The molecule has 0 aliphatic carbocycles. The Hall–Kier alpha value is -1.92. The Bertz CT molecular complexity index is 704. The molecule has 2 aromatic carbocycles. The van der Waals surface area contributed by atoms with E-state index in [-0.39, 0.29) is 6.61 Å². The number of hydrogen-bond donors (Lipinski definition) is 2. The third kappa shape index (κ3) is 5.04. The minimum absolute atomic E-state index is 0.299. The van der Waals surface area contributed by atoms with Gasteiger partial charge in [-0.05, 0) is 35.4 Å². The molecule has 0 aliphatic heterocycles. The smallest absolute Gasteiger partial charge is 0.193 e. The molecule has 128 valence electrons. The van der Waals surface area contributed by atoms with Crippen LogP contribution in [0, 0.1) is 5.82 Å². The average Bonchev–Trinajstić information content (AvgIpc) is 2.58. The number of nitrogens with zero attached hydrogens (tertiary/aromatic N) is 2. The summed E-state index contributed by atoms with van der Waals surface area (Å²) in [5.74, 6) is 0.353. The maximum atomic E-state index is 13.4. The Morgan fingerprint density at radius 1 is 1.21 bits per heavy atom. The molecule has 0 spiro atoms. The van der Waals surface area contributed by atoms with E-state index in [4.69, 9.17) is 5.11 Å². The van der Waals surface area contributed by atoms with Crippen molar-refractivity contribution in [3.8, 4) is 0 Å². The quantitative estimate of drug-likeness (QED) is 0.605. The lowest BCUT2D eigenvalue weighted by Gasteiger charge is -2.22. The summed E-state index contributed by atoms with van der Waals surface area (Å²) in [7, 11) is 3.69. The van der Waals surface area contributed by atoms with Gasteiger partial charge in [0, 0.05) is 37.2 Å². The lowest BCUT2D eigenvalue weighted by atomic mass is 10.1. The van der Waals surface area contributed by atoms with Gasteiger partial charge in [-0.2, -0.15) is 0 Å². The van der Waals surface area contributed by atoms with Crippen molar-refractivity contribution in [2.24, 2.45) is 4.99 Å². The summed E-state index contributed by atoms with van der Waals surface area (Å²) in [5.41, 5.74) is 2.36. The van der Waals surface area contributed by atoms with Gasteiger partial charge in [0.15, 0.2) is 5.96 Å². The van der Waals surface area contributed by atoms with Crippen molar-refractivity contribution in [3.63, 3.8) is 0 Å². The van der Waals surface area contributed by atoms with Crippen LogP contribution >= 0.6 is 15.9 Å². The Morgan fingerprint density at radius 2 is 1.88 bits per heavy atom. The third-order valence-corrected chi connectivity index (χ3v) is 4.17. The lowest BCUT2D eigenvalue weighted by molar-refractivity contribution is 0.275. The molecule has 0 amide bonds. The normalized spacial score (nSPS) is 11.5. The van der Waals surface area contributed by atoms with Crippen LogP contribution in [0.4, 0.5) is 4.39 Å². The van der Waals surface area contributed by atoms with E-state index in [1.165, 1.54) is 11.6 Å². The minimum atomic E-state index is -0.391. The number of nitrogens with one attached hydrogen (secondary N) is 1. The van der Waals surface area contributed by atoms with Crippen LogP contribution in [-0.4, -0.2) is 30.1 Å². The lowest BCUT2D eigenvalue weighted by Crippen LogP contribution is -2.38. The zero-order valence-corrected chi connectivity index (χ0v) is 15.3. The second-order valence-corrected chi connectivity index (χ2v) is 6.38. The average molecular weight is 394 g/mol. The standard InChI is InChI=1S/C18H21BrFN3O/c1-21-18(23(2)11-13-3-6-16(19)7-4-13)22-10-14-5-8-17(20)15(9-14)12-24/h3-9,24H,10-12H2,1-2H3,(H,21,22). The van der Waals surface area contributed by atoms with Gasteiger partial charge in [0.25, 0.3) is 0 Å². The van der Waals surface area contributed by atoms with Crippen LogP contribution in [-0.2, 0) is 19.7 Å². The van der Waals surface area contributed by atoms with Gasteiger partial charge in [0.1, 0.15) is 5.82 Å². The SMILES string of the molecule is CN=C(NCc1ccc(F)c(CO)c1)N(C)Cc1ccc(Br)cc1. The monoisotopic (exact) mass is 393 g/mol. The number of aliphatic hydroxyl groups excluding tert-OH is 1. The van der Waals surface area contributed by atoms with E-state index >= 15 is 0 Å². The number of hydrogen-bond acceptors (Lipinski definition) is 2. The van der Waals surface area contributed by atoms with E-state index in [9.17, 15) is 4.39 Å². The Morgan fingerprint density at radius 3 is 2.50 bits per heavy atom. The van der Waals surface area contributed by atoms with Gasteiger partial charge in [-0.1, -0.05) is 34.1 Å². The molecule has 2 N–H and O–H groups in total. The van der Waals surface area contributed by atoms with Crippen LogP contribution in [0.15, 0.2) is 51.9 Å². The first-order chi connectivity index (χ1) is 11.5. The molecule has 24 heavy (non-hydrogen) atoms. The summed E-state index contributed by atoms with van der Waals surface area (Å²) in [6, 6.07) is 12.9. The highest BCUT2D eigenvalue weighted by molar-refractivity contribution is 9.10. The van der Waals surface area contributed by atoms with Gasteiger partial charge >= 0.3 is 0 Å². The van der Waals surface area contributed by atoms with E-state index in [1.807, 2.05) is 24.1 Å². The molecule has 0 unspecified atom stereocenters. The largest absolute Gasteiger partial charge is 0.392 e. The molecule has 0 saturated carbocycles. The predicted molar refractivity (Wildman–Crippen MR) is 98.1 cm³/mol. The summed E-state index contributed by atoms with van der Waals surface area (Å²) in [5, 5.41) is 12.4. The van der Waals surface area contributed by atoms with Gasteiger partial charge in [0.05, 0.1) is 6.61 Å². The molecule has 2 rings (SSSR count). The summed E-state index contributed by atoms with van der Waals surface area (Å²) in [4.78, 5) is 6.29. The first-order valence-corrected chi connectivity index (χ1v) is 8.37. The highest BCUT2D eigenvalue weighted by atomic mass is 79.9. The van der Waals surface area contributed by atoms with Crippen LogP contribution in [0.25, 0.3) is 0 Å². The Balaban J connectivity index is 1.97. The maximum absolute atomic E-state index is 13.4. The highest BCUT2D eigenvalue weighted by Gasteiger charge is 2.08. The van der Waals surface area contributed by atoms with Gasteiger partial charge < -0.3 is 15.3 Å². The zero-order valence-electron chi connectivity index (χ0n) is 13.8. The van der Waals surface area contributed by atoms with Crippen LogP contribution < -0.4 is 5.32 Å². The molecule has 0 atom stereocenters. The zero-order chi connectivity index (χ0) is 17.5. The van der Waals surface area contributed by atoms with Crippen LogP contribution in [0.1, 0.15) is 16.7 Å². The van der Waals surface area contributed by atoms with Gasteiger partial charge in [-0.15, -0.1) is 0 Å². The van der Waals surface area contributed by atoms with Crippen molar-refractivity contribution >= 4 is 21.9 Å². The number of rotatable bonds is 5. The van der Waals surface area contributed by atoms with Crippen LogP contribution in [0.5, 0.6) is 0 Å². The molecule has 2 aromatic rings. The molecule has 0 bridgehead atoms. The van der Waals surface area contributed by atoms with Gasteiger partial charge in [0.2, 0.25) is 0 Å². The van der Waals surface area contributed by atoms with Crippen molar-refractivity contribution in [2.45, 2.75) is 19.7 Å². The molecular formula is C18H21BrFN3O. The van der Waals surface area contributed by atoms with E-state index in [0.29, 0.717) is 12.1 Å². The first-order valence-electron chi connectivity index (χ1n) is 7.58. The fraction of sp³-hybridized carbons (Fsp3) is 0.278. The second-order valence-electron chi connectivity index (χ2n) is 5.47. The van der Waals surface area contributed by atoms with Crippen molar-refractivity contribution in [3.05, 3.63) is 69.4 Å². The van der Waals surface area contributed by atoms with Crippen molar-refractivity contribution in [2.75, 3.05) is 14.1 Å². The van der Waals surface area contributed by atoms with Gasteiger partial charge in [-0.3, -0.25) is 4.99 Å². The Kier molecular flexibility index (Phi) is 6.75. The topological polar surface area (TPSA) is 47.9 Å². The van der Waals surface area contributed by atoms with E-state index in [1.54, 1.807) is 19.2 Å². The van der Waals surface area contributed by atoms with Crippen LogP contribution in [0.2, 0.25) is 0 Å². The van der Waals surface area contributed by atoms with Crippen molar-refractivity contribution < 1.29 is 9.50 Å². The number of aliphatic hydroxyl groups is 1. The fourth-order valence-electron chi connectivity index (χ4n) is 2.36. The van der Waals surface area contributed by atoms with Crippen LogP contribution in [0.3, 0.4) is 0 Å². The summed E-state index contributed by atoms with van der Waals surface area (Å²) in [6.45, 7) is 0.917. The molecule has 0 fully saturated rings. The second kappa shape index (κ2) is 8.80. The number of halogens is 2. The van der Waals surface area contributed by atoms with E-state index in [2.05, 4.69) is 38.4 Å². The Labute approximate surface area is 150 Å². The molecule has 6 heteroatoms. The molecule has 0 aromatic heterocycles. The number of guanidine groups is 1. The molecule has 0 saturated heterocycles. The highest BCUT2D eigenvalue weighted by Crippen LogP contribution is 2.13. The maximum Gasteiger partial charge on any atom is 0.193 e. The van der Waals surface area contributed by atoms with Gasteiger partial charge in [-0.25, -0.2) is 4.39 Å². The number of benzene rings is 2. The van der Waals surface area contributed by atoms with Crippen molar-refractivity contribution in [1.82, 2.24) is 10.2 Å². The number of aliphatic imine (C=N–C) groups is 1. The molecular weight excluding hydrogens is 373 g/mol. The summed E-state index contributed by atoms with van der Waals surface area (Å²) in [6.07, 6.45) is 0. The summed E-state index contributed by atoms with van der Waals surface area (Å²) < 4.78 is 14.5. The minimum Gasteiger partial charge on any atom is -0.392 e. The molecule has 4 nitrogen and oxygen atoms in total. The van der Waals surface area contributed by atoms with Crippen molar-refractivity contribution in [1.29, 1.82) is 0 Å². The molecule has 0 aliphatic rings. The van der Waals surface area contributed by atoms with E-state index in [0.717, 1.165) is 22.5 Å². The molecule has 0 heterocycles.